The summed E-state index contributed by atoms with van der Waals surface area (Å²) in [7, 11) is 4.11. The van der Waals surface area contributed by atoms with Gasteiger partial charge in [0.1, 0.15) is 0 Å². The fourth-order valence-corrected chi connectivity index (χ4v) is 0.893. The van der Waals surface area contributed by atoms with E-state index in [1.165, 1.54) is 0 Å². The highest BCUT2D eigenvalue weighted by molar-refractivity contribution is 4.91. The molecule has 0 saturated heterocycles. The van der Waals surface area contributed by atoms with Crippen molar-refractivity contribution in [3.63, 3.8) is 0 Å². The Morgan fingerprint density at radius 2 is 1.91 bits per heavy atom. The van der Waals surface area contributed by atoms with Gasteiger partial charge >= 0.3 is 0 Å². The summed E-state index contributed by atoms with van der Waals surface area (Å²) in [4.78, 5) is 2.15. The second kappa shape index (κ2) is 4.35. The van der Waals surface area contributed by atoms with E-state index in [0.717, 1.165) is 19.4 Å². The number of hydrogen-bond donors (Lipinski definition) is 0. The van der Waals surface area contributed by atoms with Crippen LogP contribution in [0.4, 0.5) is 0 Å². The highest BCUT2D eigenvalue weighted by atomic mass is 15.0. The van der Waals surface area contributed by atoms with Crippen LogP contribution in [0.3, 0.4) is 0 Å². The Labute approximate surface area is 69.8 Å². The quantitative estimate of drug-likeness (QED) is 0.618. The average molecular weight is 154 g/mol. The van der Waals surface area contributed by atoms with Gasteiger partial charge in [-0.05, 0) is 47.3 Å². The molecule has 0 unspecified atom stereocenters. The average Bonchev–Trinajstić information content (AvgIpc) is 1.87. The second-order valence-corrected chi connectivity index (χ2v) is 3.90. The zero-order valence-corrected chi connectivity index (χ0v) is 8.02. The van der Waals surface area contributed by atoms with Gasteiger partial charge in [-0.25, -0.2) is 0 Å². The van der Waals surface area contributed by atoms with Crippen molar-refractivity contribution in [3.05, 3.63) is 0 Å². The maximum absolute atomic E-state index is 8.70. The molecule has 0 aliphatic rings. The van der Waals surface area contributed by atoms with E-state index in [1.54, 1.807) is 0 Å². The topological polar surface area (TPSA) is 27.0 Å². The first-order chi connectivity index (χ1) is 4.98. The summed E-state index contributed by atoms with van der Waals surface area (Å²) >= 11 is 0. The molecule has 0 bridgehead atoms. The molecule has 0 aliphatic carbocycles. The van der Waals surface area contributed by atoms with E-state index in [1.807, 2.05) is 13.8 Å². The van der Waals surface area contributed by atoms with Crippen molar-refractivity contribution in [2.75, 3.05) is 20.6 Å². The van der Waals surface area contributed by atoms with Gasteiger partial charge in [0.25, 0.3) is 0 Å². The third-order valence-corrected chi connectivity index (χ3v) is 1.71. The van der Waals surface area contributed by atoms with Crippen molar-refractivity contribution >= 4 is 0 Å². The van der Waals surface area contributed by atoms with Crippen molar-refractivity contribution in [3.8, 4) is 6.07 Å². The molecule has 0 aromatic heterocycles. The van der Waals surface area contributed by atoms with Gasteiger partial charge in [0, 0.05) is 0 Å². The van der Waals surface area contributed by atoms with Crippen LogP contribution in [-0.2, 0) is 0 Å². The molecule has 0 rings (SSSR count). The minimum Gasteiger partial charge on any atom is -0.309 e. The van der Waals surface area contributed by atoms with Crippen LogP contribution in [-0.4, -0.2) is 25.5 Å². The maximum Gasteiger partial charge on any atom is 0.0683 e. The minimum atomic E-state index is -0.143. The van der Waals surface area contributed by atoms with E-state index in [0.29, 0.717) is 0 Å². The smallest absolute Gasteiger partial charge is 0.0683 e. The van der Waals surface area contributed by atoms with Crippen LogP contribution in [0.25, 0.3) is 0 Å². The van der Waals surface area contributed by atoms with E-state index in [-0.39, 0.29) is 5.41 Å². The molecule has 0 saturated carbocycles. The van der Waals surface area contributed by atoms with Crippen LogP contribution in [0.1, 0.15) is 26.7 Å². The van der Waals surface area contributed by atoms with E-state index in [4.69, 9.17) is 5.26 Å². The van der Waals surface area contributed by atoms with Gasteiger partial charge in [-0.2, -0.15) is 5.26 Å². The molecule has 0 fully saturated rings. The van der Waals surface area contributed by atoms with Crippen molar-refractivity contribution in [1.82, 2.24) is 4.90 Å². The minimum absolute atomic E-state index is 0.143. The highest BCUT2D eigenvalue weighted by Crippen LogP contribution is 2.20. The molecular formula is C9H18N2. The fourth-order valence-electron chi connectivity index (χ4n) is 0.893. The molecule has 0 spiro atoms. The molecule has 0 amide bonds. The molecule has 11 heavy (non-hydrogen) atoms. The van der Waals surface area contributed by atoms with Gasteiger partial charge in [-0.3, -0.25) is 0 Å². The molecule has 0 aliphatic heterocycles. The van der Waals surface area contributed by atoms with Gasteiger partial charge in [0.05, 0.1) is 11.5 Å². The Balaban J connectivity index is 3.48. The van der Waals surface area contributed by atoms with Gasteiger partial charge in [-0.1, -0.05) is 0 Å². The zero-order valence-electron chi connectivity index (χ0n) is 8.02. The van der Waals surface area contributed by atoms with E-state index in [2.05, 4.69) is 25.1 Å². The molecule has 0 radical (unpaired) electrons. The number of nitrogens with zero attached hydrogens (tertiary/aromatic N) is 2. The lowest BCUT2D eigenvalue weighted by Gasteiger charge is -2.16. The molecule has 2 heteroatoms. The van der Waals surface area contributed by atoms with Gasteiger partial charge in [0.15, 0.2) is 0 Å². The SMILES string of the molecule is CN(C)CCCC(C)(C)C#N. The van der Waals surface area contributed by atoms with Crippen molar-refractivity contribution in [2.24, 2.45) is 5.41 Å². The normalized spacial score (nSPS) is 11.6. The lowest BCUT2D eigenvalue weighted by molar-refractivity contribution is 0.350. The van der Waals surface area contributed by atoms with Crippen LogP contribution in [0.15, 0.2) is 0 Å². The molecule has 0 aromatic carbocycles. The van der Waals surface area contributed by atoms with Gasteiger partial charge in [0.2, 0.25) is 0 Å². The molecular weight excluding hydrogens is 136 g/mol. The Kier molecular flexibility index (Phi) is 4.14. The van der Waals surface area contributed by atoms with Crippen molar-refractivity contribution < 1.29 is 0 Å². The molecule has 0 N–H and O–H groups in total. The fraction of sp³-hybridized carbons (Fsp3) is 0.889. The van der Waals surface area contributed by atoms with Crippen molar-refractivity contribution in [2.45, 2.75) is 26.7 Å². The predicted molar refractivity (Wildman–Crippen MR) is 47.2 cm³/mol. The Hall–Kier alpha value is -0.550. The summed E-state index contributed by atoms with van der Waals surface area (Å²) in [5.41, 5.74) is -0.143. The lowest BCUT2D eigenvalue weighted by Crippen LogP contribution is -2.16. The molecule has 64 valence electrons. The number of hydrogen-bond acceptors (Lipinski definition) is 2. The van der Waals surface area contributed by atoms with E-state index >= 15 is 0 Å². The van der Waals surface area contributed by atoms with E-state index in [9.17, 15) is 0 Å². The summed E-state index contributed by atoms with van der Waals surface area (Å²) in [6.07, 6.45) is 2.09. The van der Waals surface area contributed by atoms with Crippen LogP contribution < -0.4 is 0 Å². The Morgan fingerprint density at radius 1 is 1.36 bits per heavy atom. The maximum atomic E-state index is 8.70. The third-order valence-electron chi connectivity index (χ3n) is 1.71. The van der Waals surface area contributed by atoms with Crippen LogP contribution in [0.2, 0.25) is 0 Å². The monoisotopic (exact) mass is 154 g/mol. The standard InChI is InChI=1S/C9H18N2/c1-9(2,8-10)6-5-7-11(3)4/h5-7H2,1-4H3. The Bertz CT molecular complexity index is 142. The highest BCUT2D eigenvalue weighted by Gasteiger charge is 2.15. The summed E-state index contributed by atoms with van der Waals surface area (Å²) in [6.45, 7) is 5.05. The van der Waals surface area contributed by atoms with Crippen LogP contribution in [0.5, 0.6) is 0 Å². The zero-order chi connectivity index (χ0) is 8.91. The summed E-state index contributed by atoms with van der Waals surface area (Å²) in [5, 5.41) is 8.70. The number of rotatable bonds is 4. The molecule has 0 atom stereocenters. The van der Waals surface area contributed by atoms with Gasteiger partial charge < -0.3 is 4.90 Å². The first-order valence-electron chi connectivity index (χ1n) is 4.04. The molecule has 2 nitrogen and oxygen atoms in total. The van der Waals surface area contributed by atoms with E-state index < -0.39 is 0 Å². The summed E-state index contributed by atoms with van der Waals surface area (Å²) < 4.78 is 0. The van der Waals surface area contributed by atoms with Gasteiger partial charge in [-0.15, -0.1) is 0 Å². The lowest BCUT2D eigenvalue weighted by atomic mass is 9.90. The predicted octanol–water partition coefficient (Wildman–Crippen LogP) is 1.88. The first kappa shape index (κ1) is 10.4. The first-order valence-corrected chi connectivity index (χ1v) is 4.04. The molecule has 0 heterocycles. The Morgan fingerprint density at radius 3 is 2.27 bits per heavy atom. The second-order valence-electron chi connectivity index (χ2n) is 3.90. The largest absolute Gasteiger partial charge is 0.309 e. The summed E-state index contributed by atoms with van der Waals surface area (Å²) in [5.74, 6) is 0. The van der Waals surface area contributed by atoms with Crippen molar-refractivity contribution in [1.29, 1.82) is 5.26 Å². The van der Waals surface area contributed by atoms with Crippen LogP contribution in [0, 0.1) is 16.7 Å². The molecule has 0 aromatic rings. The summed E-state index contributed by atoms with van der Waals surface area (Å²) in [6, 6.07) is 2.30. The van der Waals surface area contributed by atoms with Crippen LogP contribution >= 0.6 is 0 Å². The number of nitriles is 1. The third kappa shape index (κ3) is 5.87.